The van der Waals surface area contributed by atoms with Crippen molar-refractivity contribution < 1.29 is 42.3 Å². The minimum absolute atomic E-state index is 0.175. The molecule has 0 saturated carbocycles. The molecule has 0 saturated heterocycles. The highest BCUT2D eigenvalue weighted by molar-refractivity contribution is 7.44. The van der Waals surface area contributed by atoms with Gasteiger partial charge in [-0.05, 0) is 63.2 Å². The summed E-state index contributed by atoms with van der Waals surface area (Å²) < 4.78 is 40.0. The van der Waals surface area contributed by atoms with Crippen molar-refractivity contribution in [1.29, 1.82) is 0 Å². The first kappa shape index (κ1) is 24.0. The lowest BCUT2D eigenvalue weighted by Gasteiger charge is -2.44. The van der Waals surface area contributed by atoms with Crippen LogP contribution in [0.4, 0.5) is 4.39 Å². The van der Waals surface area contributed by atoms with Crippen LogP contribution in [-0.2, 0) is 13.8 Å². The average Bonchev–Trinajstić information content (AvgIpc) is 2.68. The molecule has 9 nitrogen and oxygen atoms in total. The van der Waals surface area contributed by atoms with Crippen molar-refractivity contribution in [3.63, 3.8) is 0 Å². The highest BCUT2D eigenvalue weighted by Crippen LogP contribution is 2.42. The molecule has 2 N–H and O–H groups in total. The molecular formula is C21H22FNO8P-. The molecule has 1 aliphatic rings. The van der Waals surface area contributed by atoms with Gasteiger partial charge in [0.25, 0.3) is 13.7 Å². The van der Waals surface area contributed by atoms with Crippen LogP contribution >= 0.6 is 7.82 Å². The van der Waals surface area contributed by atoms with E-state index in [-0.39, 0.29) is 11.3 Å². The van der Waals surface area contributed by atoms with Crippen molar-refractivity contribution in [2.75, 3.05) is 6.79 Å². The van der Waals surface area contributed by atoms with Gasteiger partial charge in [-0.25, -0.2) is 4.39 Å². The van der Waals surface area contributed by atoms with E-state index < -0.39 is 44.1 Å². The molecule has 11 heteroatoms. The zero-order valence-corrected chi connectivity index (χ0v) is 18.4. The summed E-state index contributed by atoms with van der Waals surface area (Å²) >= 11 is 0. The summed E-state index contributed by atoms with van der Waals surface area (Å²) in [5.41, 5.74) is -0.124. The first-order valence-corrected chi connectivity index (χ1v) is 11.1. The predicted molar refractivity (Wildman–Crippen MR) is 108 cm³/mol. The molecule has 0 aliphatic carbocycles. The normalized spacial score (nSPS) is 21.1. The number of phosphoric acid groups is 1. The van der Waals surface area contributed by atoms with Gasteiger partial charge in [0.1, 0.15) is 23.3 Å². The fourth-order valence-corrected chi connectivity index (χ4v) is 3.65. The minimum Gasteiger partial charge on any atom is -0.756 e. The van der Waals surface area contributed by atoms with E-state index in [1.807, 2.05) is 0 Å². The topological polar surface area (TPSA) is 134 Å². The number of amides is 1. The Morgan fingerprint density at radius 3 is 2.44 bits per heavy atom. The maximum Gasteiger partial charge on any atom is 0.267 e. The molecule has 0 bridgehead atoms. The van der Waals surface area contributed by atoms with Crippen molar-refractivity contribution in [2.24, 2.45) is 0 Å². The molecule has 1 unspecified atom stereocenters. The van der Waals surface area contributed by atoms with Crippen LogP contribution < -0.4 is 14.9 Å². The Morgan fingerprint density at radius 2 is 1.84 bits per heavy atom. The number of carbonyl (C=O) groups excluding carboxylic acids is 2. The molecule has 0 spiro atoms. The number of hydrogen-bond acceptors (Lipinski definition) is 7. The van der Waals surface area contributed by atoms with Crippen LogP contribution in [0.15, 0.2) is 42.5 Å². The molecule has 2 aromatic carbocycles. The summed E-state index contributed by atoms with van der Waals surface area (Å²) in [4.78, 5) is 44.6. The highest BCUT2D eigenvalue weighted by Gasteiger charge is 2.46. The van der Waals surface area contributed by atoms with Crippen molar-refractivity contribution in [1.82, 2.24) is 5.32 Å². The van der Waals surface area contributed by atoms with Crippen LogP contribution in [0.3, 0.4) is 0 Å². The smallest absolute Gasteiger partial charge is 0.267 e. The van der Waals surface area contributed by atoms with Crippen LogP contribution in [0.1, 0.15) is 53.1 Å². The molecule has 0 radical (unpaired) electrons. The fraction of sp³-hybridized carbons (Fsp3) is 0.333. The third kappa shape index (κ3) is 5.59. The van der Waals surface area contributed by atoms with Crippen LogP contribution in [-0.4, -0.2) is 35.1 Å². The number of nitrogens with one attached hydrogen (secondary N) is 1. The number of ketones is 1. The van der Waals surface area contributed by atoms with Crippen molar-refractivity contribution >= 4 is 19.5 Å². The first-order chi connectivity index (χ1) is 14.9. The number of ether oxygens (including phenoxy) is 2. The molecule has 172 valence electrons. The Morgan fingerprint density at radius 1 is 1.22 bits per heavy atom. The van der Waals surface area contributed by atoms with E-state index in [4.69, 9.17) is 14.4 Å². The number of phosphoric ester groups is 1. The summed E-state index contributed by atoms with van der Waals surface area (Å²) in [5.74, 6) is -0.885. The van der Waals surface area contributed by atoms with E-state index in [1.165, 1.54) is 19.1 Å². The Bertz CT molecular complexity index is 1070. The molecule has 2 aromatic rings. The van der Waals surface area contributed by atoms with Gasteiger partial charge in [0.05, 0.1) is 6.04 Å². The van der Waals surface area contributed by atoms with Crippen molar-refractivity contribution in [2.45, 2.75) is 38.5 Å². The maximum atomic E-state index is 13.2. The molecule has 1 heterocycles. The van der Waals surface area contributed by atoms with Gasteiger partial charge in [-0.1, -0.05) is 0 Å². The summed E-state index contributed by atoms with van der Waals surface area (Å²) in [5, 5.41) is 2.79. The van der Waals surface area contributed by atoms with E-state index in [1.54, 1.807) is 32.0 Å². The quantitative estimate of drug-likeness (QED) is 0.361. The van der Waals surface area contributed by atoms with Gasteiger partial charge in [0.15, 0.2) is 12.6 Å². The van der Waals surface area contributed by atoms with Gasteiger partial charge < -0.3 is 24.6 Å². The molecule has 3 atom stereocenters. The Kier molecular flexibility index (Phi) is 6.83. The summed E-state index contributed by atoms with van der Waals surface area (Å²) in [7, 11) is -5.05. The van der Waals surface area contributed by atoms with E-state index in [0.29, 0.717) is 16.9 Å². The fourth-order valence-electron chi connectivity index (χ4n) is 3.46. The molecule has 3 rings (SSSR count). The number of hydrogen-bond donors (Lipinski definition) is 2. The number of halogens is 1. The molecular weight excluding hydrogens is 444 g/mol. The van der Waals surface area contributed by atoms with Gasteiger partial charge in [0.2, 0.25) is 0 Å². The third-order valence-electron chi connectivity index (χ3n) is 4.97. The van der Waals surface area contributed by atoms with E-state index in [0.717, 1.165) is 12.1 Å². The van der Waals surface area contributed by atoms with Gasteiger partial charge in [0, 0.05) is 16.7 Å². The second kappa shape index (κ2) is 9.09. The van der Waals surface area contributed by atoms with Gasteiger partial charge in [-0.2, -0.15) is 0 Å². The number of fused-ring (bicyclic) bond motifs is 1. The minimum atomic E-state index is -5.05. The van der Waals surface area contributed by atoms with E-state index in [9.17, 15) is 23.4 Å². The highest BCUT2D eigenvalue weighted by atomic mass is 31.2. The van der Waals surface area contributed by atoms with Gasteiger partial charge >= 0.3 is 0 Å². The first-order valence-electron chi connectivity index (χ1n) is 9.58. The summed E-state index contributed by atoms with van der Waals surface area (Å²) in [6, 6.07) is 8.71. The monoisotopic (exact) mass is 466 g/mol. The molecule has 32 heavy (non-hydrogen) atoms. The zero-order chi connectivity index (χ0) is 23.7. The van der Waals surface area contributed by atoms with Crippen molar-refractivity contribution in [3.05, 3.63) is 65.0 Å². The Hall–Kier alpha value is -2.62. The summed E-state index contributed by atoms with van der Waals surface area (Å²) in [6.45, 7) is 3.87. The molecule has 1 aliphatic heterocycles. The summed E-state index contributed by atoms with van der Waals surface area (Å²) in [6.07, 6.45) is -0.992. The lowest BCUT2D eigenvalue weighted by Crippen LogP contribution is -2.55. The second-order valence-electron chi connectivity index (χ2n) is 7.78. The second-order valence-corrected chi connectivity index (χ2v) is 8.97. The van der Waals surface area contributed by atoms with Gasteiger partial charge in [-0.3, -0.25) is 18.7 Å². The van der Waals surface area contributed by atoms with E-state index in [2.05, 4.69) is 9.84 Å². The largest absolute Gasteiger partial charge is 0.756 e. The van der Waals surface area contributed by atoms with Crippen LogP contribution in [0.5, 0.6) is 5.75 Å². The molecule has 0 fully saturated rings. The van der Waals surface area contributed by atoms with Gasteiger partial charge in [-0.15, -0.1) is 0 Å². The Balaban J connectivity index is 1.99. The SMILES string of the molecule is CC(=O)c1ccc2c(c1)[C@H](NC(=O)c1ccc(F)cc1)[C@H](OCOP(=O)([O-])O)C(C)(C)O2. The maximum absolute atomic E-state index is 13.2. The zero-order valence-electron chi connectivity index (χ0n) is 17.5. The third-order valence-corrected chi connectivity index (χ3v) is 5.40. The molecule has 1 amide bonds. The number of benzene rings is 2. The van der Waals surface area contributed by atoms with E-state index >= 15 is 0 Å². The van der Waals surface area contributed by atoms with Crippen LogP contribution in [0.2, 0.25) is 0 Å². The predicted octanol–water partition coefficient (Wildman–Crippen LogP) is 2.49. The standard InChI is InChI=1S/C21H23FNO8P/c1-12(24)14-6-9-17-16(10-14)18(23-20(25)13-4-7-15(22)8-5-13)19(21(2,3)31-17)29-11-30-32(26,27)28/h4-10,18-19H,11H2,1-3H3,(H,23,25)(H2,26,27,28)/p-1/t18-,19-/m0/s1. The van der Waals surface area contributed by atoms with Crippen molar-refractivity contribution in [3.8, 4) is 5.75 Å². The number of Topliss-reactive ketones (excluding diaryl/α,β-unsaturated/α-hetero) is 1. The van der Waals surface area contributed by atoms with Crippen LogP contribution in [0, 0.1) is 5.82 Å². The lowest BCUT2D eigenvalue weighted by atomic mass is 9.85. The van der Waals surface area contributed by atoms with Crippen LogP contribution in [0.25, 0.3) is 0 Å². The number of carbonyl (C=O) groups is 2. The molecule has 0 aromatic heterocycles. The average molecular weight is 466 g/mol. The Labute approximate surface area is 183 Å². The lowest BCUT2D eigenvalue weighted by molar-refractivity contribution is -0.234. The number of rotatable bonds is 7.